The first-order valence-electron chi connectivity index (χ1n) is 8.83. The van der Waals surface area contributed by atoms with Gasteiger partial charge in [0, 0.05) is 33.5 Å². The average Bonchev–Trinajstić information content (AvgIpc) is 2.66. The predicted octanol–water partition coefficient (Wildman–Crippen LogP) is 5.08. The summed E-state index contributed by atoms with van der Waals surface area (Å²) in [5, 5.41) is 3.31. The van der Waals surface area contributed by atoms with Crippen LogP contribution in [0.3, 0.4) is 0 Å². The van der Waals surface area contributed by atoms with E-state index in [9.17, 15) is 17.6 Å². The molecule has 1 saturated heterocycles. The van der Waals surface area contributed by atoms with Crippen molar-refractivity contribution in [3.05, 3.63) is 62.3 Å². The molecule has 10 heteroatoms. The zero-order valence-corrected chi connectivity index (χ0v) is 19.1. The van der Waals surface area contributed by atoms with Gasteiger partial charge in [-0.2, -0.15) is 0 Å². The molecule has 0 bridgehead atoms. The number of sulfonamides is 1. The molecule has 0 atom stereocenters. The van der Waals surface area contributed by atoms with Gasteiger partial charge in [0.2, 0.25) is 15.9 Å². The molecule has 2 aromatic carbocycles. The molecule has 3 rings (SSSR count). The normalized spacial score (nSPS) is 16.0. The molecule has 1 aliphatic heterocycles. The second-order valence-electron chi connectivity index (χ2n) is 6.78. The Hall–Kier alpha value is -1.19. The Morgan fingerprint density at radius 1 is 1.17 bits per heavy atom. The molecule has 1 heterocycles. The van der Waals surface area contributed by atoms with Crippen LogP contribution in [0.25, 0.3) is 0 Å². The number of hydrogen-bond donors (Lipinski definition) is 1. The third kappa shape index (κ3) is 5.70. The van der Waals surface area contributed by atoms with E-state index in [-0.39, 0.29) is 36.4 Å². The van der Waals surface area contributed by atoms with Crippen molar-refractivity contribution in [3.63, 3.8) is 0 Å². The van der Waals surface area contributed by atoms with Crippen LogP contribution in [0, 0.1) is 11.7 Å². The lowest BCUT2D eigenvalue weighted by molar-refractivity contribution is -0.120. The largest absolute Gasteiger partial charge is 0.323 e. The van der Waals surface area contributed by atoms with Crippen LogP contribution >= 0.6 is 39.1 Å². The summed E-state index contributed by atoms with van der Waals surface area (Å²) in [6.45, 7) is 0.433. The summed E-state index contributed by atoms with van der Waals surface area (Å²) in [5.74, 6) is -1.47. The number of nitrogens with zero attached hydrogens (tertiary/aromatic N) is 1. The fourth-order valence-electron chi connectivity index (χ4n) is 3.15. The smallest absolute Gasteiger partial charge is 0.227 e. The summed E-state index contributed by atoms with van der Waals surface area (Å²) in [6, 6.07) is 9.08. The summed E-state index contributed by atoms with van der Waals surface area (Å²) in [4.78, 5) is 12.4. The molecule has 0 aliphatic carbocycles. The number of halogens is 4. The lowest BCUT2D eigenvalue weighted by Gasteiger charge is -2.30. The second kappa shape index (κ2) is 9.31. The Balaban J connectivity index is 1.59. The monoisotopic (exact) mass is 522 g/mol. The van der Waals surface area contributed by atoms with Crippen LogP contribution in [0.4, 0.5) is 10.1 Å². The first-order chi connectivity index (χ1) is 13.7. The molecule has 5 nitrogen and oxygen atoms in total. The van der Waals surface area contributed by atoms with Crippen LogP contribution in [0.15, 0.2) is 40.9 Å². The van der Waals surface area contributed by atoms with Gasteiger partial charge in [-0.25, -0.2) is 17.1 Å². The van der Waals surface area contributed by atoms with E-state index < -0.39 is 15.8 Å². The van der Waals surface area contributed by atoms with Crippen molar-refractivity contribution in [2.75, 3.05) is 18.4 Å². The summed E-state index contributed by atoms with van der Waals surface area (Å²) in [5.41, 5.74) is 0.576. The highest BCUT2D eigenvalue weighted by atomic mass is 79.9. The van der Waals surface area contributed by atoms with Gasteiger partial charge in [-0.1, -0.05) is 45.2 Å². The number of amides is 1. The molecular weight excluding hydrogens is 506 g/mol. The molecule has 0 unspecified atom stereocenters. The van der Waals surface area contributed by atoms with E-state index in [1.807, 2.05) is 0 Å². The van der Waals surface area contributed by atoms with Gasteiger partial charge in [-0.3, -0.25) is 4.79 Å². The number of carbonyl (C=O) groups is 1. The van der Waals surface area contributed by atoms with Crippen LogP contribution in [-0.2, 0) is 20.6 Å². The number of hydrogen-bond acceptors (Lipinski definition) is 3. The minimum absolute atomic E-state index is 0.102. The van der Waals surface area contributed by atoms with Crippen molar-refractivity contribution in [1.82, 2.24) is 4.31 Å². The topological polar surface area (TPSA) is 66.5 Å². The molecule has 0 radical (unpaired) electrons. The zero-order valence-electron chi connectivity index (χ0n) is 15.2. The fourth-order valence-corrected chi connectivity index (χ4v) is 5.63. The first-order valence-corrected chi connectivity index (χ1v) is 12.0. The van der Waals surface area contributed by atoms with Crippen LogP contribution in [0.2, 0.25) is 10.0 Å². The Bertz CT molecular complexity index is 1030. The fraction of sp³-hybridized carbons (Fsp3) is 0.316. The quantitative estimate of drug-likeness (QED) is 0.594. The van der Waals surface area contributed by atoms with Crippen LogP contribution < -0.4 is 5.32 Å². The maximum absolute atomic E-state index is 13.9. The molecule has 2 aromatic rings. The van der Waals surface area contributed by atoms with Gasteiger partial charge >= 0.3 is 0 Å². The van der Waals surface area contributed by atoms with Gasteiger partial charge in [0.05, 0.1) is 11.4 Å². The van der Waals surface area contributed by atoms with E-state index in [0.29, 0.717) is 32.9 Å². The number of rotatable bonds is 5. The van der Waals surface area contributed by atoms with Gasteiger partial charge in [-0.15, -0.1) is 0 Å². The molecule has 156 valence electrons. The molecule has 1 aliphatic rings. The summed E-state index contributed by atoms with van der Waals surface area (Å²) < 4.78 is 41.3. The maximum atomic E-state index is 13.9. The minimum atomic E-state index is -3.58. The third-order valence-electron chi connectivity index (χ3n) is 4.76. The van der Waals surface area contributed by atoms with Crippen molar-refractivity contribution in [2.45, 2.75) is 18.6 Å². The number of piperidine rings is 1. The van der Waals surface area contributed by atoms with E-state index in [4.69, 9.17) is 23.2 Å². The zero-order chi connectivity index (χ0) is 21.2. The Labute approximate surface area is 187 Å². The number of carbonyl (C=O) groups excluding carboxylic acids is 1. The third-order valence-corrected chi connectivity index (χ3v) is 7.67. The van der Waals surface area contributed by atoms with Crippen molar-refractivity contribution in [1.29, 1.82) is 0 Å². The van der Waals surface area contributed by atoms with Crippen molar-refractivity contribution < 1.29 is 17.6 Å². The van der Waals surface area contributed by atoms with E-state index >= 15 is 0 Å². The van der Waals surface area contributed by atoms with Gasteiger partial charge in [0.15, 0.2) is 0 Å². The predicted molar refractivity (Wildman–Crippen MR) is 116 cm³/mol. The Morgan fingerprint density at radius 2 is 1.86 bits per heavy atom. The van der Waals surface area contributed by atoms with Crippen LogP contribution in [0.1, 0.15) is 18.4 Å². The lowest BCUT2D eigenvalue weighted by Crippen LogP contribution is -2.42. The summed E-state index contributed by atoms with van der Waals surface area (Å²) in [7, 11) is -3.58. The summed E-state index contributed by atoms with van der Waals surface area (Å²) in [6.07, 6.45) is 0.717. The number of benzene rings is 2. The van der Waals surface area contributed by atoms with Gasteiger partial charge in [0.25, 0.3) is 0 Å². The number of nitrogens with one attached hydrogen (secondary N) is 1. The van der Waals surface area contributed by atoms with E-state index in [0.717, 1.165) is 0 Å². The lowest BCUT2D eigenvalue weighted by atomic mass is 9.97. The maximum Gasteiger partial charge on any atom is 0.227 e. The highest BCUT2D eigenvalue weighted by Gasteiger charge is 2.31. The van der Waals surface area contributed by atoms with E-state index in [2.05, 4.69) is 21.2 Å². The molecule has 0 aromatic heterocycles. The molecule has 1 fully saturated rings. The Morgan fingerprint density at radius 3 is 2.48 bits per heavy atom. The molecule has 1 N–H and O–H groups in total. The van der Waals surface area contributed by atoms with E-state index in [1.165, 1.54) is 22.5 Å². The highest BCUT2D eigenvalue weighted by molar-refractivity contribution is 9.10. The Kier molecular flexibility index (Phi) is 7.22. The van der Waals surface area contributed by atoms with Crippen molar-refractivity contribution in [3.8, 4) is 0 Å². The molecular formula is C19H18BrCl2FN2O3S. The van der Waals surface area contributed by atoms with Gasteiger partial charge < -0.3 is 5.32 Å². The van der Waals surface area contributed by atoms with E-state index in [1.54, 1.807) is 18.2 Å². The van der Waals surface area contributed by atoms with Crippen LogP contribution in [-0.4, -0.2) is 31.7 Å². The van der Waals surface area contributed by atoms with Crippen molar-refractivity contribution in [2.24, 2.45) is 5.92 Å². The second-order valence-corrected chi connectivity index (χ2v) is 10.5. The average molecular weight is 524 g/mol. The first kappa shape index (κ1) is 22.5. The standard InChI is InChI=1S/C19H18BrCl2FN2O3S/c20-14-2-4-18(17(23)9-14)24-19(26)12-5-7-25(8-6-12)29(27,28)11-13-1-3-15(21)10-16(13)22/h1-4,9-10,12H,5-8,11H2,(H,24,26). The van der Waals surface area contributed by atoms with Crippen LogP contribution in [0.5, 0.6) is 0 Å². The summed E-state index contributed by atoms with van der Waals surface area (Å²) >= 11 is 15.1. The molecule has 1 amide bonds. The highest BCUT2D eigenvalue weighted by Crippen LogP contribution is 2.27. The number of anilines is 1. The van der Waals surface area contributed by atoms with Crippen molar-refractivity contribution >= 4 is 60.7 Å². The minimum Gasteiger partial charge on any atom is -0.323 e. The van der Waals surface area contributed by atoms with Gasteiger partial charge in [0.1, 0.15) is 5.82 Å². The molecule has 0 spiro atoms. The molecule has 0 saturated carbocycles. The SMILES string of the molecule is O=C(Nc1ccc(Br)cc1F)C1CCN(S(=O)(=O)Cc2ccc(Cl)cc2Cl)CC1. The molecule has 29 heavy (non-hydrogen) atoms. The van der Waals surface area contributed by atoms with Gasteiger partial charge in [-0.05, 0) is 48.7 Å².